The van der Waals surface area contributed by atoms with Crippen LogP contribution in [-0.4, -0.2) is 54.5 Å². The Bertz CT molecular complexity index is 1480. The molecule has 1 atom stereocenters. The van der Waals surface area contributed by atoms with Crippen molar-refractivity contribution in [3.8, 4) is 0 Å². The molecule has 0 unspecified atom stereocenters. The smallest absolute Gasteiger partial charge is 0.269 e. The van der Waals surface area contributed by atoms with Crippen LogP contribution in [0.1, 0.15) is 35.3 Å². The molecule has 0 radical (unpaired) electrons. The van der Waals surface area contributed by atoms with Crippen molar-refractivity contribution >= 4 is 39.3 Å². The fourth-order valence-electron chi connectivity index (χ4n) is 4.39. The predicted octanol–water partition coefficient (Wildman–Crippen LogP) is 3.90. The lowest BCUT2D eigenvalue weighted by atomic mass is 10.0. The van der Waals surface area contributed by atoms with Crippen LogP contribution in [0.2, 0.25) is 5.02 Å². The summed E-state index contributed by atoms with van der Waals surface area (Å²) in [6.07, 6.45) is 0.182. The summed E-state index contributed by atoms with van der Waals surface area (Å²) in [5.74, 6) is -1.68. The summed E-state index contributed by atoms with van der Waals surface area (Å²) in [7, 11) is -4.22. The molecule has 0 bridgehead atoms. The standard InChI is InChI=1S/C29H30ClN3O5S/c1-20(2)17-31-28(35)25(16-21-10-4-3-5-11-21)32(18-22-12-6-8-14-24(22)30)27(34)19-33-29(36)23-13-7-9-15-26(23)39(33,37)38/h3-15,20,25H,16-19H2,1-2H3,(H,31,35)/t25-/m0/s1. The van der Waals surface area contributed by atoms with Gasteiger partial charge in [-0.3, -0.25) is 14.4 Å². The van der Waals surface area contributed by atoms with Gasteiger partial charge < -0.3 is 10.2 Å². The van der Waals surface area contributed by atoms with Crippen LogP contribution in [0.15, 0.2) is 83.8 Å². The summed E-state index contributed by atoms with van der Waals surface area (Å²) in [6, 6.07) is 21.0. The first-order valence-electron chi connectivity index (χ1n) is 12.6. The van der Waals surface area contributed by atoms with Crippen LogP contribution in [0.25, 0.3) is 0 Å². The van der Waals surface area contributed by atoms with Gasteiger partial charge >= 0.3 is 0 Å². The molecule has 0 aliphatic carbocycles. The van der Waals surface area contributed by atoms with E-state index in [2.05, 4.69) is 5.32 Å². The highest BCUT2D eigenvalue weighted by atomic mass is 35.5. The number of carbonyl (C=O) groups excluding carboxylic acids is 3. The van der Waals surface area contributed by atoms with Gasteiger partial charge in [-0.15, -0.1) is 0 Å². The third-order valence-corrected chi connectivity index (χ3v) is 8.60. The summed E-state index contributed by atoms with van der Waals surface area (Å²) < 4.78 is 26.9. The Morgan fingerprint density at radius 2 is 1.59 bits per heavy atom. The molecule has 3 amide bonds. The number of hydrogen-bond donors (Lipinski definition) is 1. The van der Waals surface area contributed by atoms with Gasteiger partial charge in [-0.2, -0.15) is 0 Å². The van der Waals surface area contributed by atoms with Crippen LogP contribution in [0.5, 0.6) is 0 Å². The molecule has 0 spiro atoms. The van der Waals surface area contributed by atoms with Crippen LogP contribution < -0.4 is 5.32 Å². The van der Waals surface area contributed by atoms with E-state index < -0.39 is 34.4 Å². The van der Waals surface area contributed by atoms with Crippen molar-refractivity contribution in [2.75, 3.05) is 13.1 Å². The zero-order chi connectivity index (χ0) is 28.2. The molecule has 204 valence electrons. The zero-order valence-electron chi connectivity index (χ0n) is 21.7. The molecule has 0 aromatic heterocycles. The van der Waals surface area contributed by atoms with Gasteiger partial charge in [-0.25, -0.2) is 12.7 Å². The predicted molar refractivity (Wildman–Crippen MR) is 148 cm³/mol. The average molecular weight is 568 g/mol. The van der Waals surface area contributed by atoms with Crippen LogP contribution in [-0.2, 0) is 32.6 Å². The molecule has 1 heterocycles. The van der Waals surface area contributed by atoms with Gasteiger partial charge in [0.1, 0.15) is 17.5 Å². The normalized spacial score (nSPS) is 14.7. The molecule has 4 rings (SSSR count). The lowest BCUT2D eigenvalue weighted by molar-refractivity contribution is -0.141. The molecule has 39 heavy (non-hydrogen) atoms. The molecule has 10 heteroatoms. The number of nitrogens with zero attached hydrogens (tertiary/aromatic N) is 2. The van der Waals surface area contributed by atoms with Crippen molar-refractivity contribution < 1.29 is 22.8 Å². The molecule has 0 saturated heterocycles. The van der Waals surface area contributed by atoms with Gasteiger partial charge in [0, 0.05) is 24.5 Å². The molecule has 1 aliphatic rings. The SMILES string of the molecule is CC(C)CNC(=O)[C@H](Cc1ccccc1)N(Cc1ccccc1Cl)C(=O)CN1C(=O)c2ccccc2S1(=O)=O. The minimum atomic E-state index is -4.22. The molecule has 8 nitrogen and oxygen atoms in total. The Labute approximate surface area is 233 Å². The largest absolute Gasteiger partial charge is 0.354 e. The van der Waals surface area contributed by atoms with Gasteiger partial charge in [-0.1, -0.05) is 86.1 Å². The maximum atomic E-state index is 13.9. The summed E-state index contributed by atoms with van der Waals surface area (Å²) in [6.45, 7) is 3.51. The number of fused-ring (bicyclic) bond motifs is 1. The van der Waals surface area contributed by atoms with Gasteiger partial charge in [0.25, 0.3) is 15.9 Å². The summed E-state index contributed by atoms with van der Waals surface area (Å²) in [5.41, 5.74) is 1.41. The van der Waals surface area contributed by atoms with E-state index in [0.717, 1.165) is 5.56 Å². The number of carbonyl (C=O) groups is 3. The lowest BCUT2D eigenvalue weighted by Crippen LogP contribution is -2.53. The molecular weight excluding hydrogens is 538 g/mol. The van der Waals surface area contributed by atoms with Crippen molar-refractivity contribution in [2.24, 2.45) is 5.92 Å². The van der Waals surface area contributed by atoms with Gasteiger partial charge in [0.05, 0.1) is 5.56 Å². The number of nitrogens with one attached hydrogen (secondary N) is 1. The molecule has 3 aromatic carbocycles. The van der Waals surface area contributed by atoms with E-state index in [0.29, 0.717) is 21.4 Å². The van der Waals surface area contributed by atoms with E-state index in [1.54, 1.807) is 30.3 Å². The highest BCUT2D eigenvalue weighted by molar-refractivity contribution is 7.90. The number of amides is 3. The number of rotatable bonds is 10. The second-order valence-electron chi connectivity index (χ2n) is 9.77. The quantitative estimate of drug-likeness (QED) is 0.400. The first-order valence-corrected chi connectivity index (χ1v) is 14.4. The molecule has 1 aliphatic heterocycles. The van der Waals surface area contributed by atoms with Crippen molar-refractivity contribution in [1.29, 1.82) is 0 Å². The Morgan fingerprint density at radius 3 is 2.26 bits per heavy atom. The number of benzene rings is 3. The van der Waals surface area contributed by atoms with Crippen molar-refractivity contribution in [2.45, 2.75) is 37.8 Å². The highest BCUT2D eigenvalue weighted by Gasteiger charge is 2.43. The Hall–Kier alpha value is -3.69. The van der Waals surface area contributed by atoms with E-state index in [1.165, 1.54) is 23.1 Å². The average Bonchev–Trinajstić information content (AvgIpc) is 3.11. The fraction of sp³-hybridized carbons (Fsp3) is 0.276. The molecule has 3 aromatic rings. The van der Waals surface area contributed by atoms with Crippen molar-refractivity contribution in [3.05, 3.63) is 101 Å². The number of sulfonamides is 1. The lowest BCUT2D eigenvalue weighted by Gasteiger charge is -2.33. The molecule has 0 saturated carbocycles. The maximum Gasteiger partial charge on any atom is 0.269 e. The second kappa shape index (κ2) is 12.0. The summed E-state index contributed by atoms with van der Waals surface area (Å²) in [4.78, 5) is 41.7. The first kappa shape index (κ1) is 28.3. The van der Waals surface area contributed by atoms with Gasteiger partial charge in [-0.05, 0) is 35.2 Å². The van der Waals surface area contributed by atoms with Gasteiger partial charge in [0.2, 0.25) is 11.8 Å². The van der Waals surface area contributed by atoms with E-state index in [-0.39, 0.29) is 35.2 Å². The molecule has 1 N–H and O–H groups in total. The first-order chi connectivity index (χ1) is 18.6. The Balaban J connectivity index is 1.72. The van der Waals surface area contributed by atoms with Crippen LogP contribution in [0.4, 0.5) is 0 Å². The third-order valence-electron chi connectivity index (χ3n) is 6.45. The summed E-state index contributed by atoms with van der Waals surface area (Å²) in [5, 5.41) is 3.30. The van der Waals surface area contributed by atoms with Crippen molar-refractivity contribution in [1.82, 2.24) is 14.5 Å². The van der Waals surface area contributed by atoms with Crippen LogP contribution in [0.3, 0.4) is 0 Å². The second-order valence-corrected chi connectivity index (χ2v) is 12.0. The number of hydrogen-bond acceptors (Lipinski definition) is 5. The maximum absolute atomic E-state index is 13.9. The van der Waals surface area contributed by atoms with E-state index in [1.807, 2.05) is 44.2 Å². The van der Waals surface area contributed by atoms with Crippen LogP contribution in [0, 0.1) is 5.92 Å². The van der Waals surface area contributed by atoms with Crippen LogP contribution >= 0.6 is 11.6 Å². The highest BCUT2D eigenvalue weighted by Crippen LogP contribution is 2.30. The minimum Gasteiger partial charge on any atom is -0.354 e. The molecular formula is C29H30ClN3O5S. The Kier molecular flexibility index (Phi) is 8.72. The van der Waals surface area contributed by atoms with E-state index in [4.69, 9.17) is 11.6 Å². The fourth-order valence-corrected chi connectivity index (χ4v) is 6.10. The van der Waals surface area contributed by atoms with E-state index >= 15 is 0 Å². The number of halogens is 1. The zero-order valence-corrected chi connectivity index (χ0v) is 23.3. The minimum absolute atomic E-state index is 0.0125. The monoisotopic (exact) mass is 567 g/mol. The van der Waals surface area contributed by atoms with Gasteiger partial charge in [0.15, 0.2) is 0 Å². The van der Waals surface area contributed by atoms with E-state index in [9.17, 15) is 22.8 Å². The molecule has 0 fully saturated rings. The third kappa shape index (κ3) is 6.32. The topological polar surface area (TPSA) is 104 Å². The Morgan fingerprint density at radius 1 is 0.949 bits per heavy atom. The van der Waals surface area contributed by atoms with Crippen molar-refractivity contribution in [3.63, 3.8) is 0 Å². The summed E-state index contributed by atoms with van der Waals surface area (Å²) >= 11 is 6.42.